The summed E-state index contributed by atoms with van der Waals surface area (Å²) in [5.41, 5.74) is 0. The molecule has 0 aromatic heterocycles. The van der Waals surface area contributed by atoms with Crippen LogP contribution in [0.5, 0.6) is 0 Å². The van der Waals surface area contributed by atoms with Crippen molar-refractivity contribution in [1.29, 1.82) is 0 Å². The van der Waals surface area contributed by atoms with Gasteiger partial charge in [0.2, 0.25) is 0 Å². The smallest absolute Gasteiger partial charge is 0.0568 e. The molecule has 4 unspecified atom stereocenters. The molecule has 2 N–H and O–H groups in total. The lowest BCUT2D eigenvalue weighted by Gasteiger charge is -2.34. The normalized spacial score (nSPS) is 34.0. The van der Waals surface area contributed by atoms with Crippen LogP contribution in [-0.4, -0.2) is 22.9 Å². The van der Waals surface area contributed by atoms with Crippen molar-refractivity contribution >= 4 is 0 Å². The van der Waals surface area contributed by atoms with E-state index < -0.39 is 0 Å². The summed E-state index contributed by atoms with van der Waals surface area (Å²) in [6.45, 7) is 4.55. The summed E-state index contributed by atoms with van der Waals surface area (Å²) in [5.74, 6) is 1.58. The molecule has 1 fully saturated rings. The van der Waals surface area contributed by atoms with E-state index >= 15 is 0 Å². The van der Waals surface area contributed by atoms with E-state index in [1.54, 1.807) is 0 Å². The molecule has 15 heavy (non-hydrogen) atoms. The van der Waals surface area contributed by atoms with Crippen LogP contribution in [0.1, 0.15) is 52.4 Å². The van der Waals surface area contributed by atoms with Gasteiger partial charge in [0.1, 0.15) is 0 Å². The van der Waals surface area contributed by atoms with E-state index in [-0.39, 0.29) is 12.7 Å². The third kappa shape index (κ3) is 4.12. The zero-order chi connectivity index (χ0) is 11.3. The van der Waals surface area contributed by atoms with E-state index in [1.165, 1.54) is 25.7 Å². The highest BCUT2D eigenvalue weighted by molar-refractivity contribution is 4.80. The second kappa shape index (κ2) is 6.49. The Morgan fingerprint density at radius 3 is 2.67 bits per heavy atom. The van der Waals surface area contributed by atoms with Gasteiger partial charge in [-0.25, -0.2) is 0 Å². The Labute approximate surface area is 93.7 Å². The zero-order valence-corrected chi connectivity index (χ0v) is 10.2. The highest BCUT2D eigenvalue weighted by atomic mass is 16.3. The highest BCUT2D eigenvalue weighted by Crippen LogP contribution is 2.35. The monoisotopic (exact) mass is 214 g/mol. The first-order valence-electron chi connectivity index (χ1n) is 6.46. The number of aliphatic hydroxyl groups is 2. The van der Waals surface area contributed by atoms with E-state index in [1.807, 2.05) is 0 Å². The van der Waals surface area contributed by atoms with Crippen molar-refractivity contribution < 1.29 is 10.2 Å². The molecule has 0 aliphatic heterocycles. The Morgan fingerprint density at radius 2 is 2.07 bits per heavy atom. The Hall–Kier alpha value is -0.0800. The largest absolute Gasteiger partial charge is 0.396 e. The van der Waals surface area contributed by atoms with Gasteiger partial charge >= 0.3 is 0 Å². The molecule has 0 aromatic rings. The predicted molar refractivity (Wildman–Crippen MR) is 62.6 cm³/mol. The van der Waals surface area contributed by atoms with Gasteiger partial charge in [0.15, 0.2) is 0 Å². The van der Waals surface area contributed by atoms with E-state index in [0.29, 0.717) is 11.8 Å². The summed E-state index contributed by atoms with van der Waals surface area (Å²) in [7, 11) is 0. The zero-order valence-electron chi connectivity index (χ0n) is 10.2. The number of aliphatic hydroxyl groups excluding tert-OH is 2. The van der Waals surface area contributed by atoms with E-state index in [0.717, 1.165) is 18.8 Å². The standard InChI is InChI=1S/C13H26O2/c1-3-4-11-5-6-13(15)12(8-11)7-10(2)9-14/h10-15H,3-9H2,1-2H3. The quantitative estimate of drug-likeness (QED) is 0.738. The minimum atomic E-state index is -0.118. The maximum absolute atomic E-state index is 9.92. The van der Waals surface area contributed by atoms with Crippen LogP contribution < -0.4 is 0 Å². The molecule has 90 valence electrons. The lowest BCUT2D eigenvalue weighted by molar-refractivity contribution is 0.0297. The van der Waals surface area contributed by atoms with Crippen LogP contribution in [0.4, 0.5) is 0 Å². The van der Waals surface area contributed by atoms with Gasteiger partial charge in [0.25, 0.3) is 0 Å². The predicted octanol–water partition coefficient (Wildman–Crippen LogP) is 2.58. The minimum absolute atomic E-state index is 0.118. The maximum Gasteiger partial charge on any atom is 0.0568 e. The van der Waals surface area contributed by atoms with Gasteiger partial charge in [-0.15, -0.1) is 0 Å². The van der Waals surface area contributed by atoms with Crippen LogP contribution in [0.15, 0.2) is 0 Å². The second-order valence-corrected chi connectivity index (χ2v) is 5.32. The fourth-order valence-corrected chi connectivity index (χ4v) is 2.86. The lowest BCUT2D eigenvalue weighted by atomic mass is 9.74. The molecular weight excluding hydrogens is 188 g/mol. The van der Waals surface area contributed by atoms with Crippen LogP contribution in [0.3, 0.4) is 0 Å². The van der Waals surface area contributed by atoms with Crippen LogP contribution in [-0.2, 0) is 0 Å². The molecule has 2 heteroatoms. The van der Waals surface area contributed by atoms with Crippen LogP contribution >= 0.6 is 0 Å². The Morgan fingerprint density at radius 1 is 1.33 bits per heavy atom. The molecular formula is C13H26O2. The number of rotatable bonds is 5. The number of hydrogen-bond donors (Lipinski definition) is 2. The molecule has 0 heterocycles. The first-order chi connectivity index (χ1) is 7.17. The van der Waals surface area contributed by atoms with Crippen molar-refractivity contribution in [1.82, 2.24) is 0 Å². The summed E-state index contributed by atoms with van der Waals surface area (Å²) in [6, 6.07) is 0. The maximum atomic E-state index is 9.92. The average molecular weight is 214 g/mol. The minimum Gasteiger partial charge on any atom is -0.396 e. The lowest BCUT2D eigenvalue weighted by Crippen LogP contribution is -2.30. The SMILES string of the molecule is CCCC1CCC(O)C(CC(C)CO)C1. The first kappa shape index (κ1) is 13.0. The average Bonchev–Trinajstić information content (AvgIpc) is 2.23. The van der Waals surface area contributed by atoms with Crippen LogP contribution in [0, 0.1) is 17.8 Å². The Balaban J connectivity index is 2.39. The topological polar surface area (TPSA) is 40.5 Å². The Kier molecular flexibility index (Phi) is 5.62. The van der Waals surface area contributed by atoms with Gasteiger partial charge in [-0.2, -0.15) is 0 Å². The van der Waals surface area contributed by atoms with E-state index in [9.17, 15) is 5.11 Å². The molecule has 0 saturated heterocycles. The summed E-state index contributed by atoms with van der Waals surface area (Å²) >= 11 is 0. The van der Waals surface area contributed by atoms with Gasteiger partial charge in [0, 0.05) is 6.61 Å². The molecule has 1 rings (SSSR count). The molecule has 0 radical (unpaired) electrons. The van der Waals surface area contributed by atoms with Crippen LogP contribution in [0.2, 0.25) is 0 Å². The summed E-state index contributed by atoms with van der Waals surface area (Å²) in [6.07, 6.45) is 6.75. The first-order valence-corrected chi connectivity index (χ1v) is 6.46. The molecule has 2 nitrogen and oxygen atoms in total. The van der Waals surface area contributed by atoms with Crippen molar-refractivity contribution in [2.45, 2.75) is 58.5 Å². The third-order valence-electron chi connectivity index (χ3n) is 3.76. The van der Waals surface area contributed by atoms with Crippen molar-refractivity contribution in [2.75, 3.05) is 6.61 Å². The molecule has 1 aliphatic carbocycles. The van der Waals surface area contributed by atoms with Crippen molar-refractivity contribution in [2.24, 2.45) is 17.8 Å². The fourth-order valence-electron chi connectivity index (χ4n) is 2.86. The Bertz CT molecular complexity index is 170. The summed E-state index contributed by atoms with van der Waals surface area (Å²) in [4.78, 5) is 0. The highest BCUT2D eigenvalue weighted by Gasteiger charge is 2.29. The van der Waals surface area contributed by atoms with Crippen molar-refractivity contribution in [3.8, 4) is 0 Å². The van der Waals surface area contributed by atoms with Gasteiger partial charge < -0.3 is 10.2 Å². The second-order valence-electron chi connectivity index (χ2n) is 5.32. The van der Waals surface area contributed by atoms with Gasteiger partial charge in [-0.05, 0) is 43.4 Å². The molecule has 1 saturated carbocycles. The fraction of sp³-hybridized carbons (Fsp3) is 1.00. The van der Waals surface area contributed by atoms with Crippen molar-refractivity contribution in [3.05, 3.63) is 0 Å². The van der Waals surface area contributed by atoms with Gasteiger partial charge in [-0.3, -0.25) is 0 Å². The molecule has 0 bridgehead atoms. The van der Waals surface area contributed by atoms with Gasteiger partial charge in [-0.1, -0.05) is 26.7 Å². The van der Waals surface area contributed by atoms with E-state index in [2.05, 4.69) is 13.8 Å². The third-order valence-corrected chi connectivity index (χ3v) is 3.76. The summed E-state index contributed by atoms with van der Waals surface area (Å²) in [5, 5.41) is 19.0. The summed E-state index contributed by atoms with van der Waals surface area (Å²) < 4.78 is 0. The van der Waals surface area contributed by atoms with E-state index in [4.69, 9.17) is 5.11 Å². The molecule has 0 spiro atoms. The van der Waals surface area contributed by atoms with Crippen LogP contribution in [0.25, 0.3) is 0 Å². The molecule has 0 aromatic carbocycles. The van der Waals surface area contributed by atoms with Crippen molar-refractivity contribution in [3.63, 3.8) is 0 Å². The number of hydrogen-bond acceptors (Lipinski definition) is 2. The molecule has 1 aliphatic rings. The molecule has 4 atom stereocenters. The molecule has 0 amide bonds. The van der Waals surface area contributed by atoms with Gasteiger partial charge in [0.05, 0.1) is 6.10 Å².